The Bertz CT molecular complexity index is 1300. The summed E-state index contributed by atoms with van der Waals surface area (Å²) in [5.41, 5.74) is 0.228. The molecule has 0 saturated carbocycles. The lowest BCUT2D eigenvalue weighted by Crippen LogP contribution is -2.34. The SMILES string of the molecule is CNCC1CN(c2nn(C)cc2NC(=O)c2coc(-c3ccnc(NCC(C)(F)F)c3)n2)C(=O)C1(C)C. The minimum Gasteiger partial charge on any atom is -0.444 e. The summed E-state index contributed by atoms with van der Waals surface area (Å²) in [6.07, 6.45) is 4.24. The molecule has 37 heavy (non-hydrogen) atoms. The molecule has 1 aliphatic rings. The summed E-state index contributed by atoms with van der Waals surface area (Å²) in [6.45, 7) is 5.16. The smallest absolute Gasteiger partial charge is 0.277 e. The predicted molar refractivity (Wildman–Crippen MR) is 134 cm³/mol. The van der Waals surface area contributed by atoms with E-state index in [0.717, 1.165) is 6.92 Å². The van der Waals surface area contributed by atoms with Crippen molar-refractivity contribution in [2.45, 2.75) is 26.7 Å². The number of amides is 2. The molecule has 4 rings (SSSR count). The van der Waals surface area contributed by atoms with Crippen LogP contribution in [0.2, 0.25) is 0 Å². The Morgan fingerprint density at radius 1 is 1.35 bits per heavy atom. The molecule has 3 aromatic rings. The van der Waals surface area contributed by atoms with Gasteiger partial charge >= 0.3 is 0 Å². The summed E-state index contributed by atoms with van der Waals surface area (Å²) >= 11 is 0. The van der Waals surface area contributed by atoms with Crippen molar-refractivity contribution >= 4 is 29.1 Å². The Balaban J connectivity index is 1.51. The molecule has 11 nitrogen and oxygen atoms in total. The van der Waals surface area contributed by atoms with Gasteiger partial charge in [0.15, 0.2) is 11.5 Å². The molecule has 4 heterocycles. The number of hydrogen-bond acceptors (Lipinski definition) is 8. The summed E-state index contributed by atoms with van der Waals surface area (Å²) in [4.78, 5) is 36.0. The lowest BCUT2D eigenvalue weighted by atomic mass is 9.81. The zero-order valence-corrected chi connectivity index (χ0v) is 21.3. The number of oxazole rings is 1. The van der Waals surface area contributed by atoms with E-state index in [1.807, 2.05) is 20.9 Å². The highest BCUT2D eigenvalue weighted by atomic mass is 19.3. The molecule has 0 spiro atoms. The first kappa shape index (κ1) is 26.2. The minimum atomic E-state index is -2.90. The molecule has 13 heteroatoms. The maximum absolute atomic E-state index is 13.2. The predicted octanol–water partition coefficient (Wildman–Crippen LogP) is 3.00. The summed E-state index contributed by atoms with van der Waals surface area (Å²) in [5, 5.41) is 12.9. The number of nitrogens with one attached hydrogen (secondary N) is 3. The minimum absolute atomic E-state index is 0.00245. The van der Waals surface area contributed by atoms with Crippen LogP contribution in [0.15, 0.2) is 35.2 Å². The van der Waals surface area contributed by atoms with E-state index in [0.29, 0.717) is 30.2 Å². The molecule has 1 aliphatic heterocycles. The molecule has 2 amide bonds. The monoisotopic (exact) mass is 516 g/mol. The molecule has 3 N–H and O–H groups in total. The first-order chi connectivity index (χ1) is 17.4. The third-order valence-corrected chi connectivity index (χ3v) is 6.31. The fraction of sp³-hybridized carbons (Fsp3) is 0.458. The van der Waals surface area contributed by atoms with Gasteiger partial charge < -0.3 is 20.4 Å². The first-order valence-corrected chi connectivity index (χ1v) is 11.7. The third kappa shape index (κ3) is 5.61. The van der Waals surface area contributed by atoms with Crippen molar-refractivity contribution in [3.63, 3.8) is 0 Å². The van der Waals surface area contributed by atoms with Crippen LogP contribution in [0.25, 0.3) is 11.5 Å². The number of anilines is 3. The first-order valence-electron chi connectivity index (χ1n) is 11.7. The number of carbonyl (C=O) groups is 2. The van der Waals surface area contributed by atoms with E-state index in [1.165, 1.54) is 23.2 Å². The van der Waals surface area contributed by atoms with E-state index in [2.05, 4.69) is 31.0 Å². The van der Waals surface area contributed by atoms with Crippen LogP contribution in [0.4, 0.5) is 26.1 Å². The third-order valence-electron chi connectivity index (χ3n) is 6.31. The van der Waals surface area contributed by atoms with Gasteiger partial charge in [-0.05, 0) is 19.2 Å². The van der Waals surface area contributed by atoms with Crippen LogP contribution in [0, 0.1) is 11.3 Å². The largest absolute Gasteiger partial charge is 0.444 e. The lowest BCUT2D eigenvalue weighted by molar-refractivity contribution is -0.125. The van der Waals surface area contributed by atoms with Crippen LogP contribution in [-0.2, 0) is 11.8 Å². The van der Waals surface area contributed by atoms with Crippen LogP contribution in [0.5, 0.6) is 0 Å². The number of rotatable bonds is 9. The summed E-state index contributed by atoms with van der Waals surface area (Å²) in [6, 6.07) is 3.09. The van der Waals surface area contributed by atoms with E-state index >= 15 is 0 Å². The number of alkyl halides is 2. The van der Waals surface area contributed by atoms with Gasteiger partial charge in [-0.15, -0.1) is 0 Å². The molecule has 1 fully saturated rings. The number of aromatic nitrogens is 4. The van der Waals surface area contributed by atoms with Gasteiger partial charge in [0.1, 0.15) is 17.8 Å². The van der Waals surface area contributed by atoms with E-state index in [9.17, 15) is 18.4 Å². The second-order valence-corrected chi connectivity index (χ2v) is 9.78. The summed E-state index contributed by atoms with van der Waals surface area (Å²) in [5.74, 6) is -2.77. The second kappa shape index (κ2) is 9.88. The van der Waals surface area contributed by atoms with Crippen molar-refractivity contribution in [3.05, 3.63) is 36.5 Å². The van der Waals surface area contributed by atoms with E-state index in [4.69, 9.17) is 4.42 Å². The number of nitrogens with zero attached hydrogens (tertiary/aromatic N) is 5. The zero-order chi connectivity index (χ0) is 27.0. The zero-order valence-electron chi connectivity index (χ0n) is 21.3. The topological polar surface area (TPSA) is 130 Å². The molecule has 3 aromatic heterocycles. The van der Waals surface area contributed by atoms with Gasteiger partial charge in [0.05, 0.1) is 12.7 Å². The molecule has 0 aliphatic carbocycles. The molecule has 1 unspecified atom stereocenters. The fourth-order valence-electron chi connectivity index (χ4n) is 4.17. The highest BCUT2D eigenvalue weighted by Crippen LogP contribution is 2.40. The van der Waals surface area contributed by atoms with Crippen LogP contribution in [0.3, 0.4) is 0 Å². The second-order valence-electron chi connectivity index (χ2n) is 9.78. The van der Waals surface area contributed by atoms with Crippen molar-refractivity contribution < 1.29 is 22.8 Å². The van der Waals surface area contributed by atoms with Crippen molar-refractivity contribution in [2.24, 2.45) is 18.4 Å². The number of halogens is 2. The molecular formula is C24H30F2N8O3. The van der Waals surface area contributed by atoms with Crippen molar-refractivity contribution in [3.8, 4) is 11.5 Å². The van der Waals surface area contributed by atoms with Crippen molar-refractivity contribution in [2.75, 3.05) is 42.2 Å². The van der Waals surface area contributed by atoms with Gasteiger partial charge in [-0.1, -0.05) is 13.8 Å². The Hall–Kier alpha value is -3.87. The quantitative estimate of drug-likeness (QED) is 0.396. The molecule has 0 aromatic carbocycles. The van der Waals surface area contributed by atoms with Crippen molar-refractivity contribution in [1.82, 2.24) is 25.1 Å². The van der Waals surface area contributed by atoms with Gasteiger partial charge in [0.2, 0.25) is 11.8 Å². The molecule has 0 radical (unpaired) electrons. The number of hydrogen-bond donors (Lipinski definition) is 3. The number of aryl methyl sites for hydroxylation is 1. The average Bonchev–Trinajstić information content (AvgIpc) is 3.51. The normalized spacial score (nSPS) is 17.3. The molecule has 1 saturated heterocycles. The van der Waals surface area contributed by atoms with Gasteiger partial charge in [-0.3, -0.25) is 19.2 Å². The molecule has 0 bridgehead atoms. The van der Waals surface area contributed by atoms with Crippen LogP contribution in [0.1, 0.15) is 31.3 Å². The standard InChI is InChI=1S/C24H30F2N8O3/c1-23(2)15(9-27-4)10-34(22(23)36)19-16(11-33(5)32-19)30-20(35)17-12-37-21(31-17)14-6-7-28-18(8-14)29-13-24(3,25)26/h6-8,11-12,15,27H,9-10,13H2,1-5H3,(H,28,29)(H,30,35). The Morgan fingerprint density at radius 3 is 2.81 bits per heavy atom. The average molecular weight is 517 g/mol. The van der Waals surface area contributed by atoms with Crippen molar-refractivity contribution in [1.29, 1.82) is 0 Å². The molecular weight excluding hydrogens is 486 g/mol. The van der Waals surface area contributed by atoms with Crippen LogP contribution in [-0.4, -0.2) is 64.2 Å². The highest BCUT2D eigenvalue weighted by Gasteiger charge is 2.48. The molecule has 1 atom stereocenters. The van der Waals surface area contributed by atoms with Gasteiger partial charge in [-0.25, -0.2) is 18.7 Å². The Kier molecular flexibility index (Phi) is 7.00. The molecule has 198 valence electrons. The van der Waals surface area contributed by atoms with Crippen LogP contribution >= 0.6 is 0 Å². The van der Waals surface area contributed by atoms with Crippen LogP contribution < -0.4 is 20.9 Å². The Labute approximate surface area is 212 Å². The van der Waals surface area contributed by atoms with Gasteiger partial charge in [-0.2, -0.15) is 5.10 Å². The summed E-state index contributed by atoms with van der Waals surface area (Å²) < 4.78 is 33.3. The van der Waals surface area contributed by atoms with E-state index in [-0.39, 0.29) is 29.2 Å². The Morgan fingerprint density at radius 2 is 2.11 bits per heavy atom. The number of pyridine rings is 1. The lowest BCUT2D eigenvalue weighted by Gasteiger charge is -2.22. The van der Waals surface area contributed by atoms with E-state index in [1.54, 1.807) is 24.2 Å². The number of carbonyl (C=O) groups excluding carboxylic acids is 2. The maximum atomic E-state index is 13.2. The van der Waals surface area contributed by atoms with Gasteiger partial charge in [0, 0.05) is 50.2 Å². The highest BCUT2D eigenvalue weighted by molar-refractivity contribution is 6.07. The summed E-state index contributed by atoms with van der Waals surface area (Å²) in [7, 11) is 3.54. The van der Waals surface area contributed by atoms with Gasteiger partial charge in [0.25, 0.3) is 11.8 Å². The maximum Gasteiger partial charge on any atom is 0.277 e. The van der Waals surface area contributed by atoms with E-state index < -0.39 is 23.8 Å². The fourth-order valence-corrected chi connectivity index (χ4v) is 4.17.